The van der Waals surface area contributed by atoms with E-state index in [1.807, 2.05) is 0 Å². The first-order chi connectivity index (χ1) is 10.7. The molecule has 0 aromatic heterocycles. The van der Waals surface area contributed by atoms with Crippen molar-refractivity contribution < 1.29 is 24.0 Å². The third-order valence-corrected chi connectivity index (χ3v) is 4.23. The summed E-state index contributed by atoms with van der Waals surface area (Å²) in [5.41, 5.74) is -0.528. The third-order valence-electron chi connectivity index (χ3n) is 3.94. The maximum Gasteiger partial charge on any atom is 0.308 e. The van der Waals surface area contributed by atoms with Crippen LogP contribution in [0.2, 0.25) is 5.02 Å². The number of nitrogens with zero attached hydrogens (tertiary/aromatic N) is 2. The van der Waals surface area contributed by atoms with E-state index in [4.69, 9.17) is 16.7 Å². The van der Waals surface area contributed by atoms with E-state index >= 15 is 0 Å². The Labute approximate surface area is 135 Å². The van der Waals surface area contributed by atoms with Crippen molar-refractivity contribution in [2.45, 2.75) is 13.3 Å². The number of carbonyl (C=O) groups is 2. The summed E-state index contributed by atoms with van der Waals surface area (Å²) >= 11 is 5.53. The van der Waals surface area contributed by atoms with Crippen molar-refractivity contribution >= 4 is 29.2 Å². The summed E-state index contributed by atoms with van der Waals surface area (Å²) < 4.78 is 13.5. The maximum absolute atomic E-state index is 13.5. The van der Waals surface area contributed by atoms with Gasteiger partial charge in [-0.3, -0.25) is 19.7 Å². The topological polar surface area (TPSA) is 101 Å². The van der Waals surface area contributed by atoms with Crippen LogP contribution in [0.15, 0.2) is 12.1 Å². The van der Waals surface area contributed by atoms with Crippen molar-refractivity contribution in [1.29, 1.82) is 0 Å². The standard InChI is InChI=1S/C14H14ClFN2O5/c1-7-5-17(6-9(7)14(20)21)13(19)3-8-2-11(16)10(15)4-12(8)18(22)23/h2,4,7,9H,3,5-6H2,1H3,(H,20,21)/t7-,9-/m1/s1. The van der Waals surface area contributed by atoms with Gasteiger partial charge in [0.2, 0.25) is 5.91 Å². The van der Waals surface area contributed by atoms with E-state index < -0.39 is 39.2 Å². The van der Waals surface area contributed by atoms with Crippen LogP contribution in [0.25, 0.3) is 0 Å². The molecule has 23 heavy (non-hydrogen) atoms. The summed E-state index contributed by atoms with van der Waals surface area (Å²) in [5, 5.41) is 19.7. The zero-order valence-corrected chi connectivity index (χ0v) is 12.9. The molecule has 0 aliphatic carbocycles. The maximum atomic E-state index is 13.5. The lowest BCUT2D eigenvalue weighted by molar-refractivity contribution is -0.385. The molecule has 0 unspecified atom stereocenters. The number of carbonyl (C=O) groups excluding carboxylic acids is 1. The fourth-order valence-corrected chi connectivity index (χ4v) is 2.81. The van der Waals surface area contributed by atoms with E-state index in [1.165, 1.54) is 4.90 Å². The average molecular weight is 345 g/mol. The number of amides is 1. The summed E-state index contributed by atoms with van der Waals surface area (Å²) in [6.45, 7) is 2.01. The summed E-state index contributed by atoms with van der Waals surface area (Å²) in [6.07, 6.45) is -0.385. The van der Waals surface area contributed by atoms with E-state index in [1.54, 1.807) is 6.92 Å². The number of hydrogen-bond donors (Lipinski definition) is 1. The molecule has 1 N–H and O–H groups in total. The number of carboxylic acids is 1. The molecule has 7 nitrogen and oxygen atoms in total. The van der Waals surface area contributed by atoms with Gasteiger partial charge in [0.05, 0.1) is 22.3 Å². The highest BCUT2D eigenvalue weighted by atomic mass is 35.5. The Bertz CT molecular complexity index is 681. The Morgan fingerprint density at radius 3 is 2.65 bits per heavy atom. The minimum Gasteiger partial charge on any atom is -0.481 e. The fourth-order valence-electron chi connectivity index (χ4n) is 2.66. The Morgan fingerprint density at radius 2 is 2.13 bits per heavy atom. The highest BCUT2D eigenvalue weighted by Crippen LogP contribution is 2.28. The van der Waals surface area contributed by atoms with Crippen molar-refractivity contribution in [1.82, 2.24) is 4.90 Å². The van der Waals surface area contributed by atoms with Gasteiger partial charge in [-0.05, 0) is 12.0 Å². The number of nitro benzene ring substituents is 1. The average Bonchev–Trinajstić information content (AvgIpc) is 2.84. The molecule has 1 amide bonds. The van der Waals surface area contributed by atoms with Gasteiger partial charge in [0.1, 0.15) is 5.82 Å². The largest absolute Gasteiger partial charge is 0.481 e. The van der Waals surface area contributed by atoms with Crippen molar-refractivity contribution in [2.24, 2.45) is 11.8 Å². The number of carboxylic acid groups (broad SMARTS) is 1. The quantitative estimate of drug-likeness (QED) is 0.666. The highest BCUT2D eigenvalue weighted by Gasteiger charge is 2.37. The van der Waals surface area contributed by atoms with Crippen LogP contribution in [0.1, 0.15) is 12.5 Å². The van der Waals surface area contributed by atoms with E-state index in [9.17, 15) is 24.1 Å². The predicted octanol–water partition coefficient (Wildman–Crippen LogP) is 2.11. The molecule has 1 saturated heterocycles. The first kappa shape index (κ1) is 17.1. The minimum atomic E-state index is -0.990. The predicted molar refractivity (Wildman–Crippen MR) is 78.6 cm³/mol. The van der Waals surface area contributed by atoms with Crippen molar-refractivity contribution in [2.75, 3.05) is 13.1 Å². The van der Waals surface area contributed by atoms with Gasteiger partial charge in [0.25, 0.3) is 5.69 Å². The van der Waals surface area contributed by atoms with E-state index in [2.05, 4.69) is 0 Å². The molecule has 1 fully saturated rings. The number of likely N-dealkylation sites (tertiary alicyclic amines) is 1. The Balaban J connectivity index is 2.20. The smallest absolute Gasteiger partial charge is 0.308 e. The molecular weight excluding hydrogens is 331 g/mol. The SMILES string of the molecule is C[C@@H]1CN(C(=O)Cc2cc(F)c(Cl)cc2[N+](=O)[O-])C[C@H]1C(=O)O. The zero-order valence-electron chi connectivity index (χ0n) is 12.2. The summed E-state index contributed by atoms with van der Waals surface area (Å²) in [7, 11) is 0. The number of rotatable bonds is 4. The van der Waals surface area contributed by atoms with Crippen molar-refractivity contribution in [3.63, 3.8) is 0 Å². The lowest BCUT2D eigenvalue weighted by Gasteiger charge is -2.16. The second-order valence-corrected chi connectivity index (χ2v) is 5.96. The molecule has 1 aliphatic heterocycles. The fraction of sp³-hybridized carbons (Fsp3) is 0.429. The Kier molecular flexibility index (Phi) is 4.84. The molecule has 9 heteroatoms. The molecule has 124 valence electrons. The molecule has 0 radical (unpaired) electrons. The summed E-state index contributed by atoms with van der Waals surface area (Å²) in [4.78, 5) is 34.9. The Morgan fingerprint density at radius 1 is 1.48 bits per heavy atom. The molecule has 0 saturated carbocycles. The summed E-state index contributed by atoms with van der Waals surface area (Å²) in [5.74, 6) is -3.20. The molecule has 1 heterocycles. The number of benzene rings is 1. The first-order valence-electron chi connectivity index (χ1n) is 6.83. The number of nitro groups is 1. The van der Waals surface area contributed by atoms with Gasteiger partial charge in [0.15, 0.2) is 0 Å². The van der Waals surface area contributed by atoms with Gasteiger partial charge in [-0.1, -0.05) is 18.5 Å². The van der Waals surface area contributed by atoms with Crippen LogP contribution >= 0.6 is 11.6 Å². The monoisotopic (exact) mass is 344 g/mol. The van der Waals surface area contributed by atoms with Crippen LogP contribution in [0.3, 0.4) is 0 Å². The zero-order chi connectivity index (χ0) is 17.3. The second kappa shape index (κ2) is 6.49. The van der Waals surface area contributed by atoms with Crippen LogP contribution in [0.5, 0.6) is 0 Å². The van der Waals surface area contributed by atoms with Crippen molar-refractivity contribution in [3.05, 3.63) is 38.7 Å². The van der Waals surface area contributed by atoms with E-state index in [0.29, 0.717) is 0 Å². The van der Waals surface area contributed by atoms with Crippen LogP contribution in [-0.4, -0.2) is 39.9 Å². The number of halogens is 2. The first-order valence-corrected chi connectivity index (χ1v) is 7.21. The molecule has 1 aliphatic rings. The number of hydrogen-bond acceptors (Lipinski definition) is 4. The van der Waals surface area contributed by atoms with Crippen LogP contribution in [-0.2, 0) is 16.0 Å². The third kappa shape index (κ3) is 3.58. The van der Waals surface area contributed by atoms with E-state index in [-0.39, 0.29) is 31.0 Å². The lowest BCUT2D eigenvalue weighted by Crippen LogP contribution is -2.31. The Hall–Kier alpha value is -2.22. The minimum absolute atomic E-state index is 0.0409. The second-order valence-electron chi connectivity index (χ2n) is 5.55. The van der Waals surface area contributed by atoms with Gasteiger partial charge in [-0.15, -0.1) is 0 Å². The molecule has 0 spiro atoms. The van der Waals surface area contributed by atoms with Gasteiger partial charge in [-0.25, -0.2) is 4.39 Å². The molecule has 1 aromatic rings. The summed E-state index contributed by atoms with van der Waals surface area (Å²) in [6, 6.07) is 1.73. The normalized spacial score (nSPS) is 20.6. The number of aliphatic carboxylic acids is 1. The lowest BCUT2D eigenvalue weighted by atomic mass is 9.99. The molecule has 2 atom stereocenters. The van der Waals surface area contributed by atoms with E-state index in [0.717, 1.165) is 12.1 Å². The van der Waals surface area contributed by atoms with Gasteiger partial charge < -0.3 is 10.0 Å². The van der Waals surface area contributed by atoms with Crippen molar-refractivity contribution in [3.8, 4) is 0 Å². The molecule has 2 rings (SSSR count). The molecular formula is C14H14ClFN2O5. The van der Waals surface area contributed by atoms with Gasteiger partial charge in [0, 0.05) is 24.7 Å². The van der Waals surface area contributed by atoms with Gasteiger partial charge >= 0.3 is 5.97 Å². The van der Waals surface area contributed by atoms with Crippen LogP contribution in [0.4, 0.5) is 10.1 Å². The van der Waals surface area contributed by atoms with Gasteiger partial charge in [-0.2, -0.15) is 0 Å². The van der Waals surface area contributed by atoms with Crippen LogP contribution < -0.4 is 0 Å². The van der Waals surface area contributed by atoms with Crippen LogP contribution in [0, 0.1) is 27.8 Å². The molecule has 1 aromatic carbocycles. The highest BCUT2D eigenvalue weighted by molar-refractivity contribution is 6.31. The molecule has 0 bridgehead atoms.